The summed E-state index contributed by atoms with van der Waals surface area (Å²) in [6.07, 6.45) is 2.52. The van der Waals surface area contributed by atoms with Crippen molar-refractivity contribution >= 4 is 15.9 Å². The van der Waals surface area contributed by atoms with Gasteiger partial charge in [-0.05, 0) is 60.4 Å². The molecule has 0 spiro atoms. The Morgan fingerprint density at radius 1 is 1.39 bits per heavy atom. The lowest BCUT2D eigenvalue weighted by molar-refractivity contribution is 0.113. The molecule has 1 atom stereocenters. The quantitative estimate of drug-likeness (QED) is 0.932. The van der Waals surface area contributed by atoms with Crippen molar-refractivity contribution in [3.8, 4) is 5.75 Å². The van der Waals surface area contributed by atoms with Gasteiger partial charge in [0.05, 0.1) is 4.47 Å². The first-order valence-corrected chi connectivity index (χ1v) is 7.26. The molecule has 2 rings (SSSR count). The van der Waals surface area contributed by atoms with Crippen molar-refractivity contribution in [2.45, 2.75) is 31.9 Å². The van der Waals surface area contributed by atoms with E-state index in [9.17, 15) is 0 Å². The summed E-state index contributed by atoms with van der Waals surface area (Å²) in [5, 5.41) is 0. The lowest BCUT2D eigenvalue weighted by Crippen LogP contribution is -2.35. The van der Waals surface area contributed by atoms with Gasteiger partial charge in [0.25, 0.3) is 0 Å². The molecule has 1 aromatic rings. The van der Waals surface area contributed by atoms with Gasteiger partial charge in [0.1, 0.15) is 11.9 Å². The highest BCUT2D eigenvalue weighted by Crippen LogP contribution is 2.30. The normalized spacial score (nSPS) is 19.8. The van der Waals surface area contributed by atoms with Crippen molar-refractivity contribution in [1.29, 1.82) is 0 Å². The number of halogens is 1. The van der Waals surface area contributed by atoms with Crippen LogP contribution >= 0.6 is 15.9 Å². The average Bonchev–Trinajstić information content (AvgIpc) is 2.34. The Labute approximate surface area is 117 Å². The lowest BCUT2D eigenvalue weighted by atomic mass is 10.1. The maximum atomic E-state index is 6.05. The number of hydrogen-bond acceptors (Lipinski definition) is 3. The average molecular weight is 313 g/mol. The molecule has 0 radical (unpaired) electrons. The van der Waals surface area contributed by atoms with Crippen molar-refractivity contribution in [3.63, 3.8) is 0 Å². The minimum Gasteiger partial charge on any atom is -0.489 e. The molecule has 0 aromatic heterocycles. The first kappa shape index (κ1) is 13.8. The molecule has 100 valence electrons. The van der Waals surface area contributed by atoms with E-state index in [0.717, 1.165) is 41.7 Å². The molecule has 1 heterocycles. The van der Waals surface area contributed by atoms with E-state index in [1.165, 1.54) is 0 Å². The van der Waals surface area contributed by atoms with E-state index in [-0.39, 0.29) is 6.04 Å². The standard InChI is InChI=1S/C14H21BrN2O/c1-10(16)11-3-4-14(13(15)9-11)18-12-5-7-17(2)8-6-12/h3-4,9-10,12H,5-8,16H2,1-2H3. The lowest BCUT2D eigenvalue weighted by Gasteiger charge is -2.29. The van der Waals surface area contributed by atoms with Gasteiger partial charge in [0.15, 0.2) is 0 Å². The Morgan fingerprint density at radius 2 is 2.06 bits per heavy atom. The largest absolute Gasteiger partial charge is 0.489 e. The zero-order valence-electron chi connectivity index (χ0n) is 11.0. The zero-order valence-corrected chi connectivity index (χ0v) is 12.6. The Kier molecular flexibility index (Phi) is 4.65. The van der Waals surface area contributed by atoms with Crippen LogP contribution in [0.15, 0.2) is 22.7 Å². The highest BCUT2D eigenvalue weighted by Gasteiger charge is 2.19. The molecule has 0 bridgehead atoms. The van der Waals surface area contributed by atoms with E-state index in [4.69, 9.17) is 10.5 Å². The Balaban J connectivity index is 2.01. The van der Waals surface area contributed by atoms with E-state index in [0.29, 0.717) is 6.10 Å². The van der Waals surface area contributed by atoms with Gasteiger partial charge < -0.3 is 15.4 Å². The van der Waals surface area contributed by atoms with Crippen LogP contribution in [0.25, 0.3) is 0 Å². The van der Waals surface area contributed by atoms with Crippen LogP contribution in [0.2, 0.25) is 0 Å². The van der Waals surface area contributed by atoms with Gasteiger partial charge >= 0.3 is 0 Å². The van der Waals surface area contributed by atoms with E-state index in [1.54, 1.807) is 0 Å². The van der Waals surface area contributed by atoms with Gasteiger partial charge in [-0.25, -0.2) is 0 Å². The van der Waals surface area contributed by atoms with Gasteiger partial charge in [-0.1, -0.05) is 6.07 Å². The summed E-state index contributed by atoms with van der Waals surface area (Å²) in [5.74, 6) is 0.925. The number of piperidine rings is 1. The second-order valence-electron chi connectivity index (χ2n) is 5.10. The Hall–Kier alpha value is -0.580. The smallest absolute Gasteiger partial charge is 0.133 e. The van der Waals surface area contributed by atoms with Crippen LogP contribution in [-0.4, -0.2) is 31.1 Å². The van der Waals surface area contributed by atoms with Crippen molar-refractivity contribution < 1.29 is 4.74 Å². The maximum absolute atomic E-state index is 6.05. The number of hydrogen-bond donors (Lipinski definition) is 1. The molecule has 1 saturated heterocycles. The zero-order chi connectivity index (χ0) is 13.1. The SMILES string of the molecule is CC(N)c1ccc(OC2CCN(C)CC2)c(Br)c1. The topological polar surface area (TPSA) is 38.5 Å². The number of benzene rings is 1. The van der Waals surface area contributed by atoms with Crippen LogP contribution in [-0.2, 0) is 0 Å². The molecule has 0 saturated carbocycles. The fourth-order valence-corrected chi connectivity index (χ4v) is 2.67. The number of nitrogens with two attached hydrogens (primary N) is 1. The summed E-state index contributed by atoms with van der Waals surface area (Å²) in [6, 6.07) is 6.16. The van der Waals surface area contributed by atoms with E-state index in [1.807, 2.05) is 19.1 Å². The van der Waals surface area contributed by atoms with Crippen LogP contribution in [0.3, 0.4) is 0 Å². The van der Waals surface area contributed by atoms with Crippen LogP contribution in [0.4, 0.5) is 0 Å². The molecule has 1 aromatic carbocycles. The third-order valence-corrected chi connectivity index (χ3v) is 4.06. The molecule has 1 unspecified atom stereocenters. The second kappa shape index (κ2) is 6.04. The third-order valence-electron chi connectivity index (χ3n) is 3.44. The van der Waals surface area contributed by atoms with Gasteiger partial charge in [0.2, 0.25) is 0 Å². The molecule has 1 fully saturated rings. The van der Waals surface area contributed by atoms with Crippen molar-refractivity contribution in [1.82, 2.24) is 4.90 Å². The first-order chi connectivity index (χ1) is 8.56. The molecule has 4 heteroatoms. The summed E-state index contributed by atoms with van der Waals surface area (Å²) in [7, 11) is 2.16. The molecular formula is C14H21BrN2O. The van der Waals surface area contributed by atoms with Gasteiger partial charge in [0, 0.05) is 19.1 Å². The highest BCUT2D eigenvalue weighted by molar-refractivity contribution is 9.10. The first-order valence-electron chi connectivity index (χ1n) is 6.46. The predicted octanol–water partition coefficient (Wildman–Crippen LogP) is 2.94. The van der Waals surface area contributed by atoms with Crippen LogP contribution in [0.1, 0.15) is 31.4 Å². The fourth-order valence-electron chi connectivity index (χ4n) is 2.18. The monoisotopic (exact) mass is 312 g/mol. The molecule has 2 N–H and O–H groups in total. The van der Waals surface area contributed by atoms with Crippen molar-refractivity contribution in [3.05, 3.63) is 28.2 Å². The molecular weight excluding hydrogens is 292 g/mol. The summed E-state index contributed by atoms with van der Waals surface area (Å²) in [4.78, 5) is 2.34. The molecule has 3 nitrogen and oxygen atoms in total. The highest BCUT2D eigenvalue weighted by atomic mass is 79.9. The Bertz CT molecular complexity index is 401. The molecule has 0 aliphatic carbocycles. The van der Waals surface area contributed by atoms with E-state index < -0.39 is 0 Å². The maximum Gasteiger partial charge on any atom is 0.133 e. The summed E-state index contributed by atoms with van der Waals surface area (Å²) in [5.41, 5.74) is 6.99. The predicted molar refractivity (Wildman–Crippen MR) is 77.9 cm³/mol. The number of likely N-dealkylation sites (tertiary alicyclic amines) is 1. The van der Waals surface area contributed by atoms with Gasteiger partial charge in [-0.15, -0.1) is 0 Å². The summed E-state index contributed by atoms with van der Waals surface area (Å²) < 4.78 is 7.05. The molecule has 1 aliphatic heterocycles. The minimum absolute atomic E-state index is 0.0543. The summed E-state index contributed by atoms with van der Waals surface area (Å²) in [6.45, 7) is 4.21. The number of nitrogens with zero attached hydrogens (tertiary/aromatic N) is 1. The van der Waals surface area contributed by atoms with E-state index >= 15 is 0 Å². The van der Waals surface area contributed by atoms with Crippen molar-refractivity contribution in [2.75, 3.05) is 20.1 Å². The van der Waals surface area contributed by atoms with Gasteiger partial charge in [-0.2, -0.15) is 0 Å². The molecule has 1 aliphatic rings. The minimum atomic E-state index is 0.0543. The number of rotatable bonds is 3. The van der Waals surface area contributed by atoms with Gasteiger partial charge in [-0.3, -0.25) is 0 Å². The second-order valence-corrected chi connectivity index (χ2v) is 5.95. The molecule has 18 heavy (non-hydrogen) atoms. The van der Waals surface area contributed by atoms with Crippen molar-refractivity contribution in [2.24, 2.45) is 5.73 Å². The van der Waals surface area contributed by atoms with Crippen LogP contribution in [0.5, 0.6) is 5.75 Å². The third kappa shape index (κ3) is 3.46. The Morgan fingerprint density at radius 3 is 2.61 bits per heavy atom. The van der Waals surface area contributed by atoms with Crippen LogP contribution < -0.4 is 10.5 Å². The van der Waals surface area contributed by atoms with Crippen LogP contribution in [0, 0.1) is 0 Å². The summed E-state index contributed by atoms with van der Waals surface area (Å²) >= 11 is 3.56. The van der Waals surface area contributed by atoms with E-state index in [2.05, 4.69) is 33.9 Å². The number of ether oxygens (including phenoxy) is 1. The molecule has 0 amide bonds. The fraction of sp³-hybridized carbons (Fsp3) is 0.571.